The van der Waals surface area contributed by atoms with Gasteiger partial charge in [-0.05, 0) is 0 Å². The SMILES string of the molecule is c1ccc(-c2ccc(-c3nc(-c4ccc5ccc6c7ccccc7ccc6c5c4)nc(-c4cccc5c4[se]c4ccccc45)n3)cc2)cc1. The fourth-order valence-electron chi connectivity index (χ4n) is 7.08. The molecule has 0 unspecified atom stereocenters. The van der Waals surface area contributed by atoms with E-state index in [1.165, 1.54) is 57.2 Å². The van der Waals surface area contributed by atoms with Gasteiger partial charge in [-0.1, -0.05) is 24.3 Å². The molecule has 3 nitrogen and oxygen atoms in total. The number of hydrogen-bond acceptors (Lipinski definition) is 3. The van der Waals surface area contributed by atoms with Gasteiger partial charge in [0, 0.05) is 0 Å². The molecule has 2 heterocycles. The van der Waals surface area contributed by atoms with Crippen molar-refractivity contribution in [3.05, 3.63) is 164 Å². The fraction of sp³-hybridized carbons (Fsp3) is 0. The van der Waals surface area contributed by atoms with Gasteiger partial charge in [-0.2, -0.15) is 0 Å². The van der Waals surface area contributed by atoms with E-state index in [1.807, 2.05) is 6.07 Å². The monoisotopic (exact) mass is 689 g/mol. The molecule has 0 saturated carbocycles. The van der Waals surface area contributed by atoms with Crippen LogP contribution in [0.15, 0.2) is 164 Å². The van der Waals surface area contributed by atoms with Crippen molar-refractivity contribution in [1.82, 2.24) is 15.0 Å². The molecular formula is C45H27N3Se. The van der Waals surface area contributed by atoms with Crippen molar-refractivity contribution in [2.75, 3.05) is 0 Å². The van der Waals surface area contributed by atoms with Gasteiger partial charge in [0.05, 0.1) is 0 Å². The Kier molecular flexibility index (Phi) is 6.51. The molecule has 0 saturated heterocycles. The van der Waals surface area contributed by atoms with Crippen LogP contribution in [-0.2, 0) is 0 Å². The van der Waals surface area contributed by atoms with Crippen LogP contribution < -0.4 is 0 Å². The van der Waals surface area contributed by atoms with Crippen molar-refractivity contribution < 1.29 is 0 Å². The molecule has 0 fully saturated rings. The van der Waals surface area contributed by atoms with Crippen molar-refractivity contribution >= 4 is 66.1 Å². The van der Waals surface area contributed by atoms with E-state index in [4.69, 9.17) is 15.0 Å². The predicted molar refractivity (Wildman–Crippen MR) is 206 cm³/mol. The Morgan fingerprint density at radius 2 is 0.898 bits per heavy atom. The molecule has 0 atom stereocenters. The summed E-state index contributed by atoms with van der Waals surface area (Å²) in [5.41, 5.74) is 5.36. The second-order valence-electron chi connectivity index (χ2n) is 12.4. The zero-order valence-corrected chi connectivity index (χ0v) is 28.1. The van der Waals surface area contributed by atoms with E-state index in [2.05, 4.69) is 158 Å². The summed E-state index contributed by atoms with van der Waals surface area (Å²) in [4.78, 5) is 15.6. The van der Waals surface area contributed by atoms with Gasteiger partial charge in [-0.15, -0.1) is 0 Å². The van der Waals surface area contributed by atoms with Gasteiger partial charge in [-0.25, -0.2) is 0 Å². The Hall–Kier alpha value is -5.93. The van der Waals surface area contributed by atoms with E-state index in [-0.39, 0.29) is 14.5 Å². The van der Waals surface area contributed by atoms with E-state index in [1.54, 1.807) is 0 Å². The molecule has 0 radical (unpaired) electrons. The number of fused-ring (bicyclic) bond motifs is 8. The van der Waals surface area contributed by atoms with Crippen LogP contribution in [-0.4, -0.2) is 29.5 Å². The van der Waals surface area contributed by atoms with Crippen LogP contribution in [0.3, 0.4) is 0 Å². The summed E-state index contributed by atoms with van der Waals surface area (Å²) in [6.07, 6.45) is 0. The standard InChI is InChI=1S/C45H27N3Se/c1-2-9-28(10-3-1)29-17-20-32(21-18-29)43-46-44(48-45(47-43)39-15-8-14-38-37-13-6-7-16-41(37)49-42(38)39)33-22-19-31-24-25-35-34-12-5-4-11-30(34)23-26-36(35)40(31)27-33/h1-27H. The van der Waals surface area contributed by atoms with Crippen LogP contribution in [0.5, 0.6) is 0 Å². The molecule has 2 aromatic heterocycles. The Labute approximate surface area is 288 Å². The summed E-state index contributed by atoms with van der Waals surface area (Å²) in [5.74, 6) is 2.05. The molecule has 0 amide bonds. The molecule has 49 heavy (non-hydrogen) atoms. The normalized spacial score (nSPS) is 11.7. The van der Waals surface area contributed by atoms with Gasteiger partial charge >= 0.3 is 266 Å². The average molecular weight is 689 g/mol. The number of nitrogens with zero attached hydrogens (tertiary/aromatic N) is 3. The molecule has 0 aliphatic rings. The molecule has 0 N–H and O–H groups in total. The van der Waals surface area contributed by atoms with Gasteiger partial charge in [0.1, 0.15) is 0 Å². The fourth-order valence-corrected chi connectivity index (χ4v) is 9.62. The maximum atomic E-state index is 5.23. The number of rotatable bonds is 4. The minimum atomic E-state index is 0.164. The van der Waals surface area contributed by atoms with E-state index < -0.39 is 0 Å². The van der Waals surface area contributed by atoms with Gasteiger partial charge in [-0.3, -0.25) is 0 Å². The van der Waals surface area contributed by atoms with Crippen molar-refractivity contribution in [3.8, 4) is 45.3 Å². The quantitative estimate of drug-likeness (QED) is 0.136. The van der Waals surface area contributed by atoms with Crippen LogP contribution in [0.4, 0.5) is 0 Å². The maximum absolute atomic E-state index is 5.23. The van der Waals surface area contributed by atoms with Crippen molar-refractivity contribution in [3.63, 3.8) is 0 Å². The van der Waals surface area contributed by atoms with Crippen LogP contribution in [0.1, 0.15) is 0 Å². The Morgan fingerprint density at radius 1 is 0.327 bits per heavy atom. The second-order valence-corrected chi connectivity index (χ2v) is 14.6. The third-order valence-corrected chi connectivity index (χ3v) is 12.1. The summed E-state index contributed by atoms with van der Waals surface area (Å²) >= 11 is 0.164. The summed E-state index contributed by atoms with van der Waals surface area (Å²) in [6.45, 7) is 0. The molecule has 0 aliphatic heterocycles. The van der Waals surface area contributed by atoms with Crippen molar-refractivity contribution in [1.29, 1.82) is 0 Å². The first-order valence-electron chi connectivity index (χ1n) is 16.4. The summed E-state index contributed by atoms with van der Waals surface area (Å²) in [6, 6.07) is 58.4. The Bertz CT molecular complexity index is 2870. The summed E-state index contributed by atoms with van der Waals surface area (Å²) in [7, 11) is 0. The Morgan fingerprint density at radius 3 is 1.73 bits per heavy atom. The minimum absolute atomic E-state index is 0.164. The zero-order chi connectivity index (χ0) is 32.3. The van der Waals surface area contributed by atoms with Crippen LogP contribution in [0.2, 0.25) is 0 Å². The predicted octanol–water partition coefficient (Wildman–Crippen LogP) is 11.4. The second kappa shape index (κ2) is 11.3. The van der Waals surface area contributed by atoms with Crippen LogP contribution in [0.25, 0.3) is 96.9 Å². The van der Waals surface area contributed by atoms with Gasteiger partial charge in [0.2, 0.25) is 0 Å². The third kappa shape index (κ3) is 4.76. The van der Waals surface area contributed by atoms with Crippen molar-refractivity contribution in [2.24, 2.45) is 0 Å². The topological polar surface area (TPSA) is 38.7 Å². The molecule has 228 valence electrons. The zero-order valence-electron chi connectivity index (χ0n) is 26.3. The van der Waals surface area contributed by atoms with Gasteiger partial charge < -0.3 is 0 Å². The average Bonchev–Trinajstić information content (AvgIpc) is 3.57. The van der Waals surface area contributed by atoms with E-state index in [9.17, 15) is 0 Å². The molecule has 0 spiro atoms. The first-order chi connectivity index (χ1) is 24.3. The van der Waals surface area contributed by atoms with Crippen LogP contribution in [0, 0.1) is 0 Å². The molecule has 0 bridgehead atoms. The molecule has 8 aromatic carbocycles. The summed E-state index contributed by atoms with van der Waals surface area (Å²) < 4.78 is 2.73. The summed E-state index contributed by atoms with van der Waals surface area (Å²) in [5, 5.41) is 9.97. The molecule has 10 rings (SSSR count). The molecule has 0 aliphatic carbocycles. The number of benzene rings is 8. The van der Waals surface area contributed by atoms with E-state index in [0.717, 1.165) is 22.3 Å². The molecule has 10 aromatic rings. The van der Waals surface area contributed by atoms with Crippen LogP contribution >= 0.6 is 0 Å². The van der Waals surface area contributed by atoms with Gasteiger partial charge in [0.15, 0.2) is 0 Å². The number of hydrogen-bond donors (Lipinski definition) is 0. The molecular weight excluding hydrogens is 661 g/mol. The van der Waals surface area contributed by atoms with Gasteiger partial charge in [0.25, 0.3) is 0 Å². The third-order valence-electron chi connectivity index (χ3n) is 9.53. The van der Waals surface area contributed by atoms with E-state index >= 15 is 0 Å². The Balaban J connectivity index is 1.19. The molecule has 4 heteroatoms. The first-order valence-corrected chi connectivity index (χ1v) is 18.2. The van der Waals surface area contributed by atoms with Crippen molar-refractivity contribution in [2.45, 2.75) is 0 Å². The van der Waals surface area contributed by atoms with E-state index in [0.29, 0.717) is 17.5 Å². The number of aromatic nitrogens is 3. The first kappa shape index (κ1) is 28.1.